The molecule has 0 amide bonds. The molecule has 0 saturated carbocycles. The van der Waals surface area contributed by atoms with Gasteiger partial charge >= 0.3 is 60.1 Å². The van der Waals surface area contributed by atoms with E-state index in [-0.39, 0.29) is 12.1 Å². The zero-order chi connectivity index (χ0) is 38.6. The summed E-state index contributed by atoms with van der Waals surface area (Å²) in [5.74, 6) is -7.43. The van der Waals surface area contributed by atoms with Gasteiger partial charge in [0.2, 0.25) is 5.41 Å². The summed E-state index contributed by atoms with van der Waals surface area (Å²) in [5, 5.41) is 0. The lowest BCUT2D eigenvalue weighted by Crippen LogP contribution is -2.55. The number of alkyl halides is 6. The smallest absolute Gasteiger partial charge is 0.386 e. The van der Waals surface area contributed by atoms with Crippen LogP contribution in [0, 0.1) is 0 Å². The molecule has 0 bridgehead atoms. The summed E-state index contributed by atoms with van der Waals surface area (Å²) in [5.41, 5.74) is -8.66. The molecule has 0 radical (unpaired) electrons. The molecule has 0 spiro atoms. The highest BCUT2D eigenvalue weighted by Crippen LogP contribution is 2.57. The molecule has 18 heteroatoms. The first kappa shape index (κ1) is 35.8. The Morgan fingerprint density at radius 3 is 0.792 bits per heavy atom. The van der Waals surface area contributed by atoms with E-state index in [1.54, 1.807) is 48.5 Å². The standard InChI is InChI=1S/C19H6F6O6.2C8H4O3/c20-18(21,22)17(19(23,24)25,7-1-3-9-11(5-7)15(28)30-13(9)26)8-2-4-10-12(6-8)16(29)31-14(10)27;2*9-7-5-3-1-2-4-6(5)8(10)11-7/h1-6H;2*1-4H. The van der Waals surface area contributed by atoms with E-state index in [1.165, 1.54) is 0 Å². The predicted molar refractivity (Wildman–Crippen MR) is 158 cm³/mol. The average Bonchev–Trinajstić information content (AvgIpc) is 3.76. The Hall–Kier alpha value is -6.98. The van der Waals surface area contributed by atoms with Gasteiger partial charge in [-0.2, -0.15) is 26.3 Å². The highest BCUT2D eigenvalue weighted by atomic mass is 19.4. The number of benzene rings is 4. The second-order valence-corrected chi connectivity index (χ2v) is 11.1. The van der Waals surface area contributed by atoms with Crippen LogP contribution in [0.5, 0.6) is 0 Å². The van der Waals surface area contributed by atoms with Gasteiger partial charge in [0.1, 0.15) is 0 Å². The first-order valence-electron chi connectivity index (χ1n) is 14.5. The maximum absolute atomic E-state index is 14.2. The van der Waals surface area contributed by atoms with E-state index in [1.807, 2.05) is 0 Å². The fourth-order valence-corrected chi connectivity index (χ4v) is 5.69. The van der Waals surface area contributed by atoms with Crippen LogP contribution in [0.25, 0.3) is 0 Å². The minimum Gasteiger partial charge on any atom is -0.386 e. The van der Waals surface area contributed by atoms with E-state index in [2.05, 4.69) is 18.9 Å². The number of ether oxygens (including phenoxy) is 4. The van der Waals surface area contributed by atoms with E-state index in [0.717, 1.165) is 0 Å². The SMILES string of the molecule is O=C1OC(=O)c2cc(C(c3ccc4c(c3)C(=O)OC4=O)(C(F)(F)F)C(F)(F)F)ccc21.O=C1OC(=O)c2ccccc21.O=C1OC(=O)c2ccccc21. The number of cyclic esters (lactones) is 8. The number of esters is 8. The molecule has 268 valence electrons. The average molecular weight is 740 g/mol. The van der Waals surface area contributed by atoms with Crippen LogP contribution in [0.15, 0.2) is 84.9 Å². The Labute approximate surface area is 289 Å². The van der Waals surface area contributed by atoms with E-state index in [9.17, 15) is 64.7 Å². The fraction of sp³-hybridized carbons (Fsp3) is 0.0857. The van der Waals surface area contributed by atoms with E-state index in [4.69, 9.17) is 0 Å². The van der Waals surface area contributed by atoms with Crippen molar-refractivity contribution in [1.29, 1.82) is 0 Å². The molecule has 4 aliphatic rings. The normalized spacial score (nSPS) is 15.5. The number of halogens is 6. The minimum absolute atomic E-state index is 0.278. The lowest BCUT2D eigenvalue weighted by Gasteiger charge is -2.38. The first-order chi connectivity index (χ1) is 24.9. The van der Waals surface area contributed by atoms with Crippen molar-refractivity contribution in [3.05, 3.63) is 141 Å². The van der Waals surface area contributed by atoms with Crippen molar-refractivity contribution in [2.45, 2.75) is 17.8 Å². The first-order valence-corrected chi connectivity index (χ1v) is 14.5. The second-order valence-electron chi connectivity index (χ2n) is 11.1. The van der Waals surface area contributed by atoms with E-state index < -0.39 is 98.9 Å². The van der Waals surface area contributed by atoms with Gasteiger partial charge < -0.3 is 18.9 Å². The van der Waals surface area contributed by atoms with Crippen LogP contribution in [-0.4, -0.2) is 60.1 Å². The Balaban J connectivity index is 0.000000175. The monoisotopic (exact) mass is 740 g/mol. The van der Waals surface area contributed by atoms with Crippen LogP contribution in [0.1, 0.15) is 94.0 Å². The highest BCUT2D eigenvalue weighted by molar-refractivity contribution is 6.16. The summed E-state index contributed by atoms with van der Waals surface area (Å²) in [6.07, 6.45) is -12.0. The second kappa shape index (κ2) is 12.7. The maximum Gasteiger partial charge on any atom is 0.411 e. The molecule has 4 aromatic rings. The van der Waals surface area contributed by atoms with Gasteiger partial charge in [0.25, 0.3) is 0 Å². The van der Waals surface area contributed by atoms with Crippen LogP contribution in [-0.2, 0) is 24.4 Å². The van der Waals surface area contributed by atoms with Crippen LogP contribution < -0.4 is 0 Å². The number of hydrogen-bond acceptors (Lipinski definition) is 12. The van der Waals surface area contributed by atoms with Gasteiger partial charge in [-0.3, -0.25) is 0 Å². The Morgan fingerprint density at radius 1 is 0.321 bits per heavy atom. The molecule has 0 aliphatic carbocycles. The summed E-state index contributed by atoms with van der Waals surface area (Å²) in [6, 6.07) is 15.7. The van der Waals surface area contributed by atoms with Gasteiger partial charge in [0.05, 0.1) is 44.5 Å². The van der Waals surface area contributed by atoms with Crippen molar-refractivity contribution in [1.82, 2.24) is 0 Å². The van der Waals surface area contributed by atoms with Crippen molar-refractivity contribution in [2.24, 2.45) is 0 Å². The van der Waals surface area contributed by atoms with Gasteiger partial charge in [0.15, 0.2) is 0 Å². The molecular formula is C35H14F6O12. The number of rotatable bonds is 2. The zero-order valence-electron chi connectivity index (χ0n) is 25.7. The fourth-order valence-electron chi connectivity index (χ4n) is 5.69. The van der Waals surface area contributed by atoms with Gasteiger partial charge in [-0.05, 0) is 59.7 Å². The third kappa shape index (κ3) is 5.88. The van der Waals surface area contributed by atoms with Crippen molar-refractivity contribution in [3.63, 3.8) is 0 Å². The molecule has 53 heavy (non-hydrogen) atoms. The summed E-state index contributed by atoms with van der Waals surface area (Å²) in [6.45, 7) is 0. The van der Waals surface area contributed by atoms with Crippen molar-refractivity contribution in [3.8, 4) is 0 Å². The van der Waals surface area contributed by atoms with Crippen LogP contribution in [0.2, 0.25) is 0 Å². The molecule has 0 saturated heterocycles. The van der Waals surface area contributed by atoms with Crippen LogP contribution >= 0.6 is 0 Å². The van der Waals surface area contributed by atoms with Gasteiger partial charge in [-0.1, -0.05) is 36.4 Å². The Morgan fingerprint density at radius 2 is 0.547 bits per heavy atom. The molecule has 4 aromatic carbocycles. The summed E-state index contributed by atoms with van der Waals surface area (Å²) in [4.78, 5) is 89.8. The summed E-state index contributed by atoms with van der Waals surface area (Å²) in [7, 11) is 0. The largest absolute Gasteiger partial charge is 0.411 e. The van der Waals surface area contributed by atoms with Crippen LogP contribution in [0.4, 0.5) is 26.3 Å². The molecule has 0 aromatic heterocycles. The molecule has 0 N–H and O–H groups in total. The number of carbonyl (C=O) groups excluding carboxylic acids is 8. The third-order valence-corrected chi connectivity index (χ3v) is 8.11. The van der Waals surface area contributed by atoms with Gasteiger partial charge in [-0.25, -0.2) is 38.4 Å². The van der Waals surface area contributed by atoms with Gasteiger partial charge in [0, 0.05) is 0 Å². The summed E-state index contributed by atoms with van der Waals surface area (Å²) < 4.78 is 102. The van der Waals surface area contributed by atoms with E-state index >= 15 is 0 Å². The lowest BCUT2D eigenvalue weighted by molar-refractivity contribution is -0.288. The molecule has 4 heterocycles. The summed E-state index contributed by atoms with van der Waals surface area (Å²) >= 11 is 0. The third-order valence-electron chi connectivity index (χ3n) is 8.11. The Kier molecular flexibility index (Phi) is 8.56. The van der Waals surface area contributed by atoms with Crippen molar-refractivity contribution < 1.29 is 83.6 Å². The number of fused-ring (bicyclic) bond motifs is 4. The number of hydrogen-bond donors (Lipinski definition) is 0. The molecule has 4 aliphatic heterocycles. The molecule has 0 atom stereocenters. The highest BCUT2D eigenvalue weighted by Gasteiger charge is 2.73. The molecule has 0 unspecified atom stereocenters. The zero-order valence-corrected chi connectivity index (χ0v) is 25.7. The molecule has 8 rings (SSSR count). The minimum atomic E-state index is -6.02. The molecular weight excluding hydrogens is 726 g/mol. The number of carbonyl (C=O) groups is 8. The van der Waals surface area contributed by atoms with E-state index in [0.29, 0.717) is 46.5 Å². The topological polar surface area (TPSA) is 173 Å². The Bertz CT molecular complexity index is 2110. The van der Waals surface area contributed by atoms with Gasteiger partial charge in [-0.15, -0.1) is 0 Å². The van der Waals surface area contributed by atoms with Crippen molar-refractivity contribution in [2.75, 3.05) is 0 Å². The molecule has 0 fully saturated rings. The lowest BCUT2D eigenvalue weighted by atomic mass is 9.71. The maximum atomic E-state index is 14.2. The molecule has 12 nitrogen and oxygen atoms in total. The van der Waals surface area contributed by atoms with Crippen molar-refractivity contribution >= 4 is 47.8 Å². The quantitative estimate of drug-likeness (QED) is 0.106. The predicted octanol–water partition coefficient (Wildman–Crippen LogP) is 5.71. The van der Waals surface area contributed by atoms with Crippen LogP contribution in [0.3, 0.4) is 0 Å².